The van der Waals surface area contributed by atoms with Gasteiger partial charge in [-0.2, -0.15) is 0 Å². The zero-order valence-electron chi connectivity index (χ0n) is 6.97. The summed E-state index contributed by atoms with van der Waals surface area (Å²) in [6.45, 7) is 0. The maximum Gasteiger partial charge on any atom is 0.145 e. The van der Waals surface area contributed by atoms with Crippen LogP contribution < -0.4 is 0 Å². The lowest BCUT2D eigenvalue weighted by Gasteiger charge is -2.03. The van der Waals surface area contributed by atoms with Gasteiger partial charge in [0.25, 0.3) is 0 Å². The molecule has 0 unspecified atom stereocenters. The molecule has 0 spiro atoms. The molecule has 2 aromatic rings. The Bertz CT molecular complexity index is 487. The second kappa shape index (κ2) is 4.01. The molecular formula is C9H5BrCl2N2. The van der Waals surface area contributed by atoms with Crippen molar-refractivity contribution in [3.8, 4) is 0 Å². The van der Waals surface area contributed by atoms with Gasteiger partial charge in [-0.05, 0) is 28.1 Å². The Kier molecular flexibility index (Phi) is 2.91. The molecule has 1 aromatic carbocycles. The van der Waals surface area contributed by atoms with Gasteiger partial charge < -0.3 is 0 Å². The SMILES string of the molecule is ClCc1nc(Cl)c2cccc(Br)c2n1. The lowest BCUT2D eigenvalue weighted by atomic mass is 10.2. The number of nitrogens with zero attached hydrogens (tertiary/aromatic N) is 2. The third-order valence-electron chi connectivity index (χ3n) is 1.80. The lowest BCUT2D eigenvalue weighted by molar-refractivity contribution is 1.06. The molecule has 0 radical (unpaired) electrons. The average Bonchev–Trinajstić information content (AvgIpc) is 2.19. The number of fused-ring (bicyclic) bond motifs is 1. The molecule has 0 aliphatic rings. The van der Waals surface area contributed by atoms with Crippen molar-refractivity contribution in [2.75, 3.05) is 0 Å². The molecule has 0 aliphatic heterocycles. The van der Waals surface area contributed by atoms with E-state index >= 15 is 0 Å². The molecule has 2 rings (SSSR count). The Morgan fingerprint density at radius 2 is 2.07 bits per heavy atom. The number of halogens is 3. The van der Waals surface area contributed by atoms with Crippen molar-refractivity contribution in [2.45, 2.75) is 5.88 Å². The van der Waals surface area contributed by atoms with Crippen LogP contribution >= 0.6 is 39.1 Å². The van der Waals surface area contributed by atoms with Crippen molar-refractivity contribution in [1.29, 1.82) is 0 Å². The van der Waals surface area contributed by atoms with Crippen LogP contribution in [0.25, 0.3) is 10.9 Å². The molecule has 0 amide bonds. The zero-order chi connectivity index (χ0) is 10.1. The van der Waals surface area contributed by atoms with E-state index < -0.39 is 0 Å². The fraction of sp³-hybridized carbons (Fsp3) is 0.111. The number of benzene rings is 1. The van der Waals surface area contributed by atoms with Gasteiger partial charge in [-0.15, -0.1) is 11.6 Å². The van der Waals surface area contributed by atoms with Gasteiger partial charge in [0.1, 0.15) is 11.0 Å². The van der Waals surface area contributed by atoms with E-state index in [1.165, 1.54) is 0 Å². The second-order valence-electron chi connectivity index (χ2n) is 2.70. The Morgan fingerprint density at radius 3 is 2.79 bits per heavy atom. The van der Waals surface area contributed by atoms with E-state index in [9.17, 15) is 0 Å². The predicted molar refractivity (Wildman–Crippen MR) is 61.8 cm³/mol. The normalized spacial score (nSPS) is 10.8. The molecule has 0 bridgehead atoms. The number of alkyl halides is 1. The van der Waals surface area contributed by atoms with Crippen molar-refractivity contribution < 1.29 is 0 Å². The molecule has 0 fully saturated rings. The predicted octanol–water partition coefficient (Wildman–Crippen LogP) is 3.78. The second-order valence-corrected chi connectivity index (χ2v) is 4.18. The van der Waals surface area contributed by atoms with Gasteiger partial charge in [-0.1, -0.05) is 17.7 Å². The largest absolute Gasteiger partial charge is 0.230 e. The molecule has 14 heavy (non-hydrogen) atoms. The molecular weight excluding hydrogens is 287 g/mol. The first-order chi connectivity index (χ1) is 6.72. The van der Waals surface area contributed by atoms with Gasteiger partial charge in [0, 0.05) is 9.86 Å². The Morgan fingerprint density at radius 1 is 1.29 bits per heavy atom. The number of hydrogen-bond donors (Lipinski definition) is 0. The minimum atomic E-state index is 0.261. The third-order valence-corrected chi connectivity index (χ3v) is 2.96. The van der Waals surface area contributed by atoms with Crippen LogP contribution in [0.1, 0.15) is 5.82 Å². The zero-order valence-corrected chi connectivity index (χ0v) is 10.1. The molecule has 72 valence electrons. The summed E-state index contributed by atoms with van der Waals surface area (Å²) in [5.74, 6) is 0.799. The first-order valence-corrected chi connectivity index (χ1v) is 5.59. The highest BCUT2D eigenvalue weighted by Crippen LogP contribution is 2.26. The van der Waals surface area contributed by atoms with Crippen LogP contribution in [-0.4, -0.2) is 9.97 Å². The molecule has 1 heterocycles. The summed E-state index contributed by atoms with van der Waals surface area (Å²) in [5, 5.41) is 1.27. The smallest absolute Gasteiger partial charge is 0.145 e. The van der Waals surface area contributed by atoms with Crippen molar-refractivity contribution in [3.63, 3.8) is 0 Å². The van der Waals surface area contributed by atoms with Gasteiger partial charge >= 0.3 is 0 Å². The Balaban J connectivity index is 2.83. The third kappa shape index (κ3) is 1.72. The van der Waals surface area contributed by atoms with E-state index in [1.807, 2.05) is 18.2 Å². The molecule has 0 saturated carbocycles. The first kappa shape index (κ1) is 10.1. The fourth-order valence-corrected chi connectivity index (χ4v) is 2.01. The molecule has 0 atom stereocenters. The summed E-state index contributed by atoms with van der Waals surface area (Å²) in [7, 11) is 0. The van der Waals surface area contributed by atoms with Crippen LogP contribution in [0.4, 0.5) is 0 Å². The topological polar surface area (TPSA) is 25.8 Å². The molecule has 5 heteroatoms. The van der Waals surface area contributed by atoms with Crippen molar-refractivity contribution in [1.82, 2.24) is 9.97 Å². The van der Waals surface area contributed by atoms with E-state index in [1.54, 1.807) is 0 Å². The van der Waals surface area contributed by atoms with Gasteiger partial charge in [-0.25, -0.2) is 9.97 Å². The summed E-state index contributed by atoms with van der Waals surface area (Å²) in [4.78, 5) is 8.34. The maximum absolute atomic E-state index is 5.98. The molecule has 0 saturated heterocycles. The highest BCUT2D eigenvalue weighted by Gasteiger charge is 2.07. The minimum absolute atomic E-state index is 0.261. The number of para-hydroxylation sites is 1. The first-order valence-electron chi connectivity index (χ1n) is 3.89. The number of aromatic nitrogens is 2. The summed E-state index contributed by atoms with van der Waals surface area (Å²) >= 11 is 15.0. The van der Waals surface area contributed by atoms with E-state index in [0.717, 1.165) is 15.4 Å². The summed E-state index contributed by atoms with van der Waals surface area (Å²) in [5.41, 5.74) is 0.795. The standard InChI is InChI=1S/C9H5BrCl2N2/c10-6-3-1-2-5-8(6)13-7(4-11)14-9(5)12/h1-3H,4H2. The molecule has 0 N–H and O–H groups in total. The van der Waals surface area contributed by atoms with Crippen molar-refractivity contribution in [2.24, 2.45) is 0 Å². The summed E-state index contributed by atoms with van der Waals surface area (Å²) in [6.07, 6.45) is 0. The Labute approximate surface area is 99.4 Å². The quantitative estimate of drug-likeness (QED) is 0.590. The van der Waals surface area contributed by atoms with Gasteiger partial charge in [0.05, 0.1) is 11.4 Å². The van der Waals surface area contributed by atoms with Crippen LogP contribution in [0.5, 0.6) is 0 Å². The molecule has 2 nitrogen and oxygen atoms in total. The van der Waals surface area contributed by atoms with E-state index in [2.05, 4.69) is 25.9 Å². The van der Waals surface area contributed by atoms with Crippen molar-refractivity contribution >= 4 is 50.0 Å². The monoisotopic (exact) mass is 290 g/mol. The number of rotatable bonds is 1. The molecule has 1 aromatic heterocycles. The van der Waals surface area contributed by atoms with Gasteiger partial charge in [0.2, 0.25) is 0 Å². The minimum Gasteiger partial charge on any atom is -0.230 e. The summed E-state index contributed by atoms with van der Waals surface area (Å²) < 4.78 is 0.894. The highest BCUT2D eigenvalue weighted by molar-refractivity contribution is 9.10. The lowest BCUT2D eigenvalue weighted by Crippen LogP contribution is -1.93. The summed E-state index contributed by atoms with van der Waals surface area (Å²) in [6, 6.07) is 5.67. The van der Waals surface area contributed by atoms with Crippen LogP contribution in [0.3, 0.4) is 0 Å². The van der Waals surface area contributed by atoms with E-state index in [4.69, 9.17) is 23.2 Å². The average molecular weight is 292 g/mol. The highest BCUT2D eigenvalue weighted by atomic mass is 79.9. The number of hydrogen-bond acceptors (Lipinski definition) is 2. The Hall–Kier alpha value is -0.380. The fourth-order valence-electron chi connectivity index (χ4n) is 1.18. The van der Waals surface area contributed by atoms with Gasteiger partial charge in [-0.3, -0.25) is 0 Å². The van der Waals surface area contributed by atoms with E-state index in [-0.39, 0.29) is 5.88 Å². The maximum atomic E-state index is 5.98. The van der Waals surface area contributed by atoms with Gasteiger partial charge in [0.15, 0.2) is 0 Å². The van der Waals surface area contributed by atoms with Crippen LogP contribution in [0, 0.1) is 0 Å². The van der Waals surface area contributed by atoms with Crippen LogP contribution in [0.2, 0.25) is 5.15 Å². The van der Waals surface area contributed by atoms with Crippen molar-refractivity contribution in [3.05, 3.63) is 33.6 Å². The van der Waals surface area contributed by atoms with E-state index in [0.29, 0.717) is 11.0 Å². The van der Waals surface area contributed by atoms with Crippen LogP contribution in [-0.2, 0) is 5.88 Å². The molecule has 0 aliphatic carbocycles. The van der Waals surface area contributed by atoms with Crippen LogP contribution in [0.15, 0.2) is 22.7 Å².